The molecule has 9 nitrogen and oxygen atoms in total. The van der Waals surface area contributed by atoms with Crippen molar-refractivity contribution in [1.82, 2.24) is 24.3 Å². The molecular formula is C25H18FN5O4S. The van der Waals surface area contributed by atoms with Gasteiger partial charge < -0.3 is 15.0 Å². The van der Waals surface area contributed by atoms with E-state index in [2.05, 4.69) is 19.4 Å². The van der Waals surface area contributed by atoms with Crippen molar-refractivity contribution in [3.05, 3.63) is 88.7 Å². The zero-order valence-electron chi connectivity index (χ0n) is 18.7. The summed E-state index contributed by atoms with van der Waals surface area (Å²) in [5.41, 5.74) is 2.70. The molecule has 6 rings (SSSR count). The maximum atomic E-state index is 13.5. The van der Waals surface area contributed by atoms with E-state index < -0.39 is 23.3 Å². The first-order valence-corrected chi connectivity index (χ1v) is 11.8. The van der Waals surface area contributed by atoms with Crippen molar-refractivity contribution in [1.29, 1.82) is 0 Å². The van der Waals surface area contributed by atoms with Crippen LogP contribution in [0.25, 0.3) is 11.0 Å². The number of halogens is 1. The molecule has 2 aliphatic rings. The number of hydrogen-bond acceptors (Lipinski definition) is 7. The van der Waals surface area contributed by atoms with Crippen molar-refractivity contribution >= 4 is 40.6 Å². The number of rotatable bonds is 6. The third-order valence-corrected chi connectivity index (χ3v) is 6.94. The molecule has 0 radical (unpaired) electrons. The van der Waals surface area contributed by atoms with Gasteiger partial charge in [-0.1, -0.05) is 18.2 Å². The number of amides is 4. The van der Waals surface area contributed by atoms with Crippen LogP contribution in [0.2, 0.25) is 0 Å². The molecule has 1 atom stereocenters. The van der Waals surface area contributed by atoms with Gasteiger partial charge in [0.15, 0.2) is 5.54 Å². The number of hydrogen-bond donors (Lipinski definition) is 2. The first kappa shape index (κ1) is 22.1. The minimum Gasteiger partial charge on any atom is -0.489 e. The monoisotopic (exact) mass is 503 g/mol. The molecule has 4 amide bonds. The lowest BCUT2D eigenvalue weighted by atomic mass is 9.89. The summed E-state index contributed by atoms with van der Waals surface area (Å²) < 4.78 is 27.9. The SMILES string of the molecule is O=C1NC(=O)[C@](CN2Cc3cc(OCc4ccc5nsnc5c4)ccc3C2=O)(c2ccc(F)cc2)N1. The molecule has 0 aliphatic carbocycles. The van der Waals surface area contributed by atoms with Crippen LogP contribution in [0, 0.1) is 5.82 Å². The minimum absolute atomic E-state index is 0.110. The van der Waals surface area contributed by atoms with Crippen LogP contribution in [0.15, 0.2) is 60.7 Å². The highest BCUT2D eigenvalue weighted by Crippen LogP contribution is 2.32. The molecule has 1 aromatic heterocycles. The van der Waals surface area contributed by atoms with Gasteiger partial charge in [-0.25, -0.2) is 9.18 Å². The van der Waals surface area contributed by atoms with Crippen LogP contribution in [0.4, 0.5) is 9.18 Å². The summed E-state index contributed by atoms with van der Waals surface area (Å²) >= 11 is 1.16. The first-order valence-electron chi connectivity index (χ1n) is 11.1. The average molecular weight is 504 g/mol. The Labute approximate surface area is 208 Å². The molecule has 3 heterocycles. The molecule has 4 aromatic rings. The Kier molecular flexibility index (Phi) is 5.15. The van der Waals surface area contributed by atoms with E-state index in [1.807, 2.05) is 18.2 Å². The van der Waals surface area contributed by atoms with Gasteiger partial charge in [0.2, 0.25) is 0 Å². The summed E-state index contributed by atoms with van der Waals surface area (Å²) in [6.45, 7) is 0.444. The van der Waals surface area contributed by atoms with E-state index in [0.717, 1.165) is 33.9 Å². The second-order valence-electron chi connectivity index (χ2n) is 8.68. The number of carbonyl (C=O) groups is 3. The molecule has 180 valence electrons. The van der Waals surface area contributed by atoms with Crippen LogP contribution >= 0.6 is 11.7 Å². The van der Waals surface area contributed by atoms with Crippen molar-refractivity contribution in [3.8, 4) is 5.75 Å². The fourth-order valence-corrected chi connectivity index (χ4v) is 5.09. The second kappa shape index (κ2) is 8.38. The molecule has 0 saturated carbocycles. The van der Waals surface area contributed by atoms with Crippen molar-refractivity contribution in [2.75, 3.05) is 6.54 Å². The smallest absolute Gasteiger partial charge is 0.322 e. The molecule has 1 fully saturated rings. The Morgan fingerprint density at radius 3 is 2.58 bits per heavy atom. The van der Waals surface area contributed by atoms with Gasteiger partial charge in [0.1, 0.15) is 29.2 Å². The number of nitrogens with zero attached hydrogens (tertiary/aromatic N) is 3. The maximum Gasteiger partial charge on any atom is 0.322 e. The molecule has 0 bridgehead atoms. The number of ether oxygens (including phenoxy) is 1. The highest BCUT2D eigenvalue weighted by Gasteiger charge is 2.50. The van der Waals surface area contributed by atoms with E-state index in [1.54, 1.807) is 18.2 Å². The topological polar surface area (TPSA) is 114 Å². The summed E-state index contributed by atoms with van der Waals surface area (Å²) in [5.74, 6) is -0.744. The molecule has 3 aromatic carbocycles. The molecule has 0 unspecified atom stereocenters. The Bertz CT molecular complexity index is 1540. The van der Waals surface area contributed by atoms with Crippen molar-refractivity contribution < 1.29 is 23.5 Å². The van der Waals surface area contributed by atoms with Gasteiger partial charge in [0, 0.05) is 12.1 Å². The van der Waals surface area contributed by atoms with Gasteiger partial charge >= 0.3 is 6.03 Å². The van der Waals surface area contributed by atoms with Gasteiger partial charge in [-0.3, -0.25) is 14.9 Å². The van der Waals surface area contributed by atoms with Crippen LogP contribution in [-0.2, 0) is 23.5 Å². The highest BCUT2D eigenvalue weighted by atomic mass is 32.1. The Balaban J connectivity index is 1.21. The van der Waals surface area contributed by atoms with E-state index >= 15 is 0 Å². The standard InChI is InChI=1S/C25H18FN5O4S/c26-17-4-2-16(3-5-17)25(23(33)27-24(34)28-25)13-31-11-15-10-18(6-7-19(15)22(31)32)35-12-14-1-8-20-21(9-14)30-36-29-20/h1-10H,11-13H2,(H2,27,28,33,34)/t25-/m0/s1. The van der Waals surface area contributed by atoms with Crippen molar-refractivity contribution in [2.45, 2.75) is 18.7 Å². The van der Waals surface area contributed by atoms with Crippen LogP contribution in [0.5, 0.6) is 5.75 Å². The van der Waals surface area contributed by atoms with E-state index in [4.69, 9.17) is 4.74 Å². The number of carbonyl (C=O) groups excluding carboxylic acids is 3. The third-order valence-electron chi connectivity index (χ3n) is 6.39. The predicted octanol–water partition coefficient (Wildman–Crippen LogP) is 3.10. The second-order valence-corrected chi connectivity index (χ2v) is 9.21. The fourth-order valence-electron chi connectivity index (χ4n) is 4.58. The molecular weight excluding hydrogens is 485 g/mol. The number of imide groups is 1. The largest absolute Gasteiger partial charge is 0.489 e. The van der Waals surface area contributed by atoms with Crippen LogP contribution < -0.4 is 15.4 Å². The molecule has 11 heteroatoms. The quantitative estimate of drug-likeness (QED) is 0.391. The zero-order valence-corrected chi connectivity index (χ0v) is 19.5. The van der Waals surface area contributed by atoms with Gasteiger partial charge in [-0.15, -0.1) is 0 Å². The fraction of sp³-hybridized carbons (Fsp3) is 0.160. The lowest BCUT2D eigenvalue weighted by Crippen LogP contribution is -2.52. The number of aromatic nitrogens is 2. The molecule has 2 aliphatic heterocycles. The van der Waals surface area contributed by atoms with Gasteiger partial charge in [-0.2, -0.15) is 8.75 Å². The predicted molar refractivity (Wildman–Crippen MR) is 128 cm³/mol. The van der Waals surface area contributed by atoms with Gasteiger partial charge in [-0.05, 0) is 59.2 Å². The number of benzene rings is 3. The van der Waals surface area contributed by atoms with Crippen molar-refractivity contribution in [2.24, 2.45) is 0 Å². The molecule has 1 saturated heterocycles. The summed E-state index contributed by atoms with van der Waals surface area (Å²) in [6.07, 6.45) is 0. The minimum atomic E-state index is -1.52. The first-order chi connectivity index (χ1) is 17.4. The Morgan fingerprint density at radius 1 is 1.00 bits per heavy atom. The Morgan fingerprint density at radius 2 is 1.81 bits per heavy atom. The maximum absolute atomic E-state index is 13.5. The van der Waals surface area contributed by atoms with Gasteiger partial charge in [0.05, 0.1) is 18.3 Å². The Hall–Kier alpha value is -4.38. The summed E-state index contributed by atoms with van der Waals surface area (Å²) in [7, 11) is 0. The number of fused-ring (bicyclic) bond motifs is 2. The van der Waals surface area contributed by atoms with E-state index in [0.29, 0.717) is 23.5 Å². The average Bonchev–Trinajstić information content (AvgIpc) is 3.54. The van der Waals surface area contributed by atoms with Crippen molar-refractivity contribution in [3.63, 3.8) is 0 Å². The van der Waals surface area contributed by atoms with E-state index in [9.17, 15) is 18.8 Å². The summed E-state index contributed by atoms with van der Waals surface area (Å²) in [4.78, 5) is 39.5. The van der Waals surface area contributed by atoms with Crippen LogP contribution in [0.3, 0.4) is 0 Å². The summed E-state index contributed by atoms with van der Waals surface area (Å²) in [5, 5.41) is 4.87. The molecule has 36 heavy (non-hydrogen) atoms. The van der Waals surface area contributed by atoms with E-state index in [-0.39, 0.29) is 19.0 Å². The van der Waals surface area contributed by atoms with Gasteiger partial charge in [0.25, 0.3) is 11.8 Å². The summed E-state index contributed by atoms with van der Waals surface area (Å²) in [6, 6.07) is 15.6. The number of nitrogens with one attached hydrogen (secondary N) is 2. The lowest BCUT2D eigenvalue weighted by molar-refractivity contribution is -0.124. The highest BCUT2D eigenvalue weighted by molar-refractivity contribution is 7.00. The lowest BCUT2D eigenvalue weighted by Gasteiger charge is -2.31. The van der Waals surface area contributed by atoms with Crippen LogP contribution in [-0.4, -0.2) is 38.0 Å². The zero-order chi connectivity index (χ0) is 24.9. The van der Waals surface area contributed by atoms with E-state index in [1.165, 1.54) is 29.2 Å². The number of urea groups is 1. The van der Waals surface area contributed by atoms with Crippen LogP contribution in [0.1, 0.15) is 27.0 Å². The third kappa shape index (κ3) is 3.73. The normalized spacial score (nSPS) is 18.9. The molecule has 0 spiro atoms. The molecule has 2 N–H and O–H groups in total.